The van der Waals surface area contributed by atoms with Crippen LogP contribution in [0, 0.1) is 0 Å². The van der Waals surface area contributed by atoms with Gasteiger partial charge in [-0.1, -0.05) is 91.8 Å². The first kappa shape index (κ1) is 21.4. The van der Waals surface area contributed by atoms with Crippen LogP contribution in [0.3, 0.4) is 0 Å². The van der Waals surface area contributed by atoms with Crippen LogP contribution in [0.2, 0.25) is 0 Å². The molecule has 1 heterocycles. The number of nitrogens with one attached hydrogen (secondary N) is 1. The minimum atomic E-state index is 0.462. The number of rotatable bonds is 6. The molecule has 154 valence electrons. The summed E-state index contributed by atoms with van der Waals surface area (Å²) in [6, 6.07) is 13.6. The third-order valence-electron chi connectivity index (χ3n) is 5.88. The van der Waals surface area contributed by atoms with Crippen molar-refractivity contribution in [2.45, 2.75) is 79.1 Å². The number of aromatic amines is 1. The van der Waals surface area contributed by atoms with Crippen molar-refractivity contribution >= 4 is 0 Å². The first-order valence-electron chi connectivity index (χ1n) is 11.1. The van der Waals surface area contributed by atoms with Crippen LogP contribution in [0.4, 0.5) is 0 Å². The largest absolute Gasteiger partial charge is 0.292 e. The second-order valence-corrected chi connectivity index (χ2v) is 9.39. The van der Waals surface area contributed by atoms with E-state index in [9.17, 15) is 0 Å². The third-order valence-corrected chi connectivity index (χ3v) is 5.88. The van der Waals surface area contributed by atoms with Crippen LogP contribution in [0.25, 0.3) is 17.1 Å². The summed E-state index contributed by atoms with van der Waals surface area (Å²) < 4.78 is 2.40. The van der Waals surface area contributed by atoms with Crippen LogP contribution >= 0.6 is 0 Å². The molecule has 2 aromatic carbocycles. The van der Waals surface area contributed by atoms with Crippen LogP contribution in [-0.2, 0) is 0 Å². The molecule has 0 aliphatic carbocycles. The van der Waals surface area contributed by atoms with Gasteiger partial charge < -0.3 is 0 Å². The van der Waals surface area contributed by atoms with Gasteiger partial charge in [-0.2, -0.15) is 4.57 Å². The molecule has 0 aliphatic heterocycles. The highest BCUT2D eigenvalue weighted by Gasteiger charge is 2.28. The van der Waals surface area contributed by atoms with Gasteiger partial charge in [0.2, 0.25) is 0 Å². The molecule has 1 N–H and O–H groups in total. The molecule has 0 spiro atoms. The molecule has 1 aromatic heterocycles. The number of hydrogen-bond acceptors (Lipinski definition) is 0. The molecule has 0 atom stereocenters. The van der Waals surface area contributed by atoms with Crippen LogP contribution in [0.1, 0.15) is 101 Å². The normalized spacial score (nSPS) is 12.0. The fraction of sp³-hybridized carbons (Fsp3) is 0.444. The first-order chi connectivity index (χ1) is 13.7. The number of H-pyrrole nitrogens is 1. The monoisotopic (exact) mass is 389 g/mol. The number of para-hydroxylation sites is 1. The molecule has 0 bridgehead atoms. The number of nitrogens with zero attached hydrogens (tertiary/aromatic N) is 1. The van der Waals surface area contributed by atoms with Gasteiger partial charge >= 0.3 is 0 Å². The Labute approximate surface area is 177 Å². The maximum Gasteiger partial charge on any atom is 0.292 e. The second kappa shape index (κ2) is 8.57. The lowest BCUT2D eigenvalue weighted by atomic mass is 9.87. The summed E-state index contributed by atoms with van der Waals surface area (Å²) in [4.78, 5) is 3.61. The van der Waals surface area contributed by atoms with Gasteiger partial charge in [0.1, 0.15) is 18.1 Å². The summed E-state index contributed by atoms with van der Waals surface area (Å²) in [6.07, 6.45) is 4.28. The van der Waals surface area contributed by atoms with Gasteiger partial charge in [0.15, 0.2) is 0 Å². The highest BCUT2D eigenvalue weighted by atomic mass is 15.1. The van der Waals surface area contributed by atoms with E-state index in [1.807, 2.05) is 0 Å². The van der Waals surface area contributed by atoms with Gasteiger partial charge in [-0.3, -0.25) is 0 Å². The SMILES string of the molecule is CC(C)c1cccc(C(C)C)c1-c1[nH]cc[n+]1-c1c(C(C)C)cccc1C(C)C. The molecule has 0 saturated heterocycles. The van der Waals surface area contributed by atoms with E-state index < -0.39 is 0 Å². The average molecular weight is 390 g/mol. The minimum absolute atomic E-state index is 0.462. The van der Waals surface area contributed by atoms with Crippen molar-refractivity contribution in [3.63, 3.8) is 0 Å². The molecule has 0 unspecified atom stereocenters. The van der Waals surface area contributed by atoms with Gasteiger partial charge in [0.25, 0.3) is 5.82 Å². The maximum atomic E-state index is 3.61. The molecular weight excluding hydrogens is 352 g/mol. The fourth-order valence-corrected chi connectivity index (χ4v) is 4.33. The Balaban J connectivity index is 2.37. The van der Waals surface area contributed by atoms with Crippen molar-refractivity contribution in [2.24, 2.45) is 0 Å². The van der Waals surface area contributed by atoms with Crippen molar-refractivity contribution in [3.8, 4) is 17.1 Å². The van der Waals surface area contributed by atoms with E-state index in [1.54, 1.807) is 0 Å². The quantitative estimate of drug-likeness (QED) is 0.422. The Bertz CT molecular complexity index is 843. The van der Waals surface area contributed by atoms with E-state index in [1.165, 1.54) is 39.3 Å². The molecule has 0 saturated carbocycles. The molecular formula is C27H37N2+. The topological polar surface area (TPSA) is 19.7 Å². The Morgan fingerprint density at radius 3 is 1.45 bits per heavy atom. The molecule has 0 fully saturated rings. The summed E-state index contributed by atoms with van der Waals surface area (Å²) in [5.74, 6) is 3.04. The molecule has 0 aliphatic rings. The van der Waals surface area contributed by atoms with Crippen LogP contribution in [0.5, 0.6) is 0 Å². The highest BCUT2D eigenvalue weighted by molar-refractivity contribution is 5.65. The number of aromatic nitrogens is 2. The molecule has 3 rings (SSSR count). The van der Waals surface area contributed by atoms with Crippen molar-refractivity contribution in [2.75, 3.05) is 0 Å². The zero-order valence-corrected chi connectivity index (χ0v) is 19.4. The fourth-order valence-electron chi connectivity index (χ4n) is 4.33. The Morgan fingerprint density at radius 2 is 1.03 bits per heavy atom. The minimum Gasteiger partial charge on any atom is -0.243 e. The van der Waals surface area contributed by atoms with Crippen LogP contribution < -0.4 is 4.57 Å². The average Bonchev–Trinajstić information content (AvgIpc) is 3.15. The van der Waals surface area contributed by atoms with E-state index >= 15 is 0 Å². The van der Waals surface area contributed by atoms with E-state index in [2.05, 4.69) is 114 Å². The molecule has 29 heavy (non-hydrogen) atoms. The van der Waals surface area contributed by atoms with E-state index in [0.717, 1.165) is 0 Å². The van der Waals surface area contributed by atoms with Gasteiger partial charge in [-0.05, 0) is 34.8 Å². The smallest absolute Gasteiger partial charge is 0.243 e. The predicted molar refractivity (Wildman–Crippen MR) is 124 cm³/mol. The van der Waals surface area contributed by atoms with Crippen molar-refractivity contribution < 1.29 is 4.57 Å². The lowest BCUT2D eigenvalue weighted by molar-refractivity contribution is -0.583. The number of imidazole rings is 1. The van der Waals surface area contributed by atoms with Crippen molar-refractivity contribution in [1.82, 2.24) is 4.98 Å². The van der Waals surface area contributed by atoms with Crippen molar-refractivity contribution in [3.05, 3.63) is 71.0 Å². The lowest BCUT2D eigenvalue weighted by Crippen LogP contribution is -2.35. The molecule has 0 amide bonds. The van der Waals surface area contributed by atoms with E-state index in [4.69, 9.17) is 0 Å². The summed E-state index contributed by atoms with van der Waals surface area (Å²) in [5, 5.41) is 0. The summed E-state index contributed by atoms with van der Waals surface area (Å²) in [7, 11) is 0. The van der Waals surface area contributed by atoms with Gasteiger partial charge in [-0.25, -0.2) is 4.98 Å². The Kier molecular flexibility index (Phi) is 6.31. The zero-order chi connectivity index (χ0) is 21.3. The lowest BCUT2D eigenvalue weighted by Gasteiger charge is -2.20. The van der Waals surface area contributed by atoms with Gasteiger partial charge in [0, 0.05) is 11.1 Å². The summed E-state index contributed by atoms with van der Waals surface area (Å²) >= 11 is 0. The van der Waals surface area contributed by atoms with Crippen molar-refractivity contribution in [1.29, 1.82) is 0 Å². The standard InChI is InChI=1S/C27H36N2/c1-17(2)21-11-9-12-22(18(3)4)25(21)27-28-15-16-29(27)26-23(19(5)6)13-10-14-24(26)20(7)8/h9-20H,1-8H3/p+1. The van der Waals surface area contributed by atoms with Crippen LogP contribution in [0.15, 0.2) is 48.8 Å². The Morgan fingerprint density at radius 1 is 0.621 bits per heavy atom. The second-order valence-electron chi connectivity index (χ2n) is 9.39. The van der Waals surface area contributed by atoms with Gasteiger partial charge in [-0.15, -0.1) is 0 Å². The Hall–Kier alpha value is -2.35. The highest BCUT2D eigenvalue weighted by Crippen LogP contribution is 2.35. The van der Waals surface area contributed by atoms with Gasteiger partial charge in [0.05, 0.1) is 5.56 Å². The van der Waals surface area contributed by atoms with Crippen LogP contribution in [-0.4, -0.2) is 4.98 Å². The molecule has 2 heteroatoms. The molecule has 3 aromatic rings. The predicted octanol–water partition coefficient (Wildman–Crippen LogP) is 7.45. The van der Waals surface area contributed by atoms with E-state index in [-0.39, 0.29) is 0 Å². The first-order valence-corrected chi connectivity index (χ1v) is 11.1. The van der Waals surface area contributed by atoms with E-state index in [0.29, 0.717) is 23.7 Å². The number of hydrogen-bond donors (Lipinski definition) is 1. The summed E-state index contributed by atoms with van der Waals surface area (Å²) in [5.41, 5.74) is 8.30. The zero-order valence-electron chi connectivity index (χ0n) is 19.4. The molecule has 2 nitrogen and oxygen atoms in total. The summed E-state index contributed by atoms with van der Waals surface area (Å²) in [6.45, 7) is 18.3. The maximum absolute atomic E-state index is 3.61. The molecule has 0 radical (unpaired) electrons. The number of benzene rings is 2. The third kappa shape index (κ3) is 4.03.